The fourth-order valence-electron chi connectivity index (χ4n) is 1.82. The number of nitrogens with zero attached hydrogens (tertiary/aromatic N) is 1. The van der Waals surface area contributed by atoms with Gasteiger partial charge in [-0.25, -0.2) is 24.0 Å². The van der Waals surface area contributed by atoms with Crippen LogP contribution in [0.25, 0.3) is 0 Å². The van der Waals surface area contributed by atoms with Crippen molar-refractivity contribution in [3.8, 4) is 0 Å². The molecule has 7 nitrogen and oxygen atoms in total. The molecule has 0 radical (unpaired) electrons. The summed E-state index contributed by atoms with van der Waals surface area (Å²) in [7, 11) is -3.70. The van der Waals surface area contributed by atoms with Gasteiger partial charge in [0.1, 0.15) is 10.7 Å². The molecule has 2 heterocycles. The number of nitrogen functional groups attached to an aromatic ring is 1. The largest absolute Gasteiger partial charge is 0.469 e. The smallest absolute Gasteiger partial charge is 0.244 e. The van der Waals surface area contributed by atoms with Gasteiger partial charge in [-0.3, -0.25) is 0 Å². The number of hydrogen-bond donors (Lipinski definition) is 3. The Morgan fingerprint density at radius 3 is 2.85 bits per heavy atom. The van der Waals surface area contributed by atoms with Crippen LogP contribution in [0.4, 0.5) is 5.82 Å². The van der Waals surface area contributed by atoms with Crippen LogP contribution >= 0.6 is 0 Å². The number of nitrogens with one attached hydrogen (secondary N) is 2. The highest BCUT2D eigenvalue weighted by Crippen LogP contribution is 2.17. The van der Waals surface area contributed by atoms with Crippen molar-refractivity contribution in [3.05, 3.63) is 42.5 Å². The van der Waals surface area contributed by atoms with E-state index in [-0.39, 0.29) is 16.8 Å². The average Bonchev–Trinajstić information content (AvgIpc) is 2.90. The number of anilines is 1. The van der Waals surface area contributed by atoms with E-state index in [1.165, 1.54) is 18.3 Å². The minimum absolute atomic E-state index is 0.00814. The maximum atomic E-state index is 12.3. The first-order valence-corrected chi connectivity index (χ1v) is 7.47. The SMILES string of the molecule is CC(Cc1ccco1)NS(=O)(=O)c1cccnc1NN. The number of rotatable bonds is 6. The highest BCUT2D eigenvalue weighted by molar-refractivity contribution is 7.89. The Labute approximate surface area is 117 Å². The van der Waals surface area contributed by atoms with Gasteiger partial charge >= 0.3 is 0 Å². The summed E-state index contributed by atoms with van der Waals surface area (Å²) in [6, 6.07) is 6.20. The van der Waals surface area contributed by atoms with Gasteiger partial charge < -0.3 is 9.84 Å². The van der Waals surface area contributed by atoms with Crippen LogP contribution in [0.2, 0.25) is 0 Å². The van der Waals surface area contributed by atoms with Crippen LogP contribution in [-0.2, 0) is 16.4 Å². The maximum Gasteiger partial charge on any atom is 0.244 e. The molecule has 0 aliphatic carbocycles. The van der Waals surface area contributed by atoms with Crippen LogP contribution in [0.1, 0.15) is 12.7 Å². The van der Waals surface area contributed by atoms with Gasteiger partial charge in [0.05, 0.1) is 6.26 Å². The first-order chi connectivity index (χ1) is 9.53. The van der Waals surface area contributed by atoms with Crippen LogP contribution in [0.15, 0.2) is 46.0 Å². The molecule has 0 amide bonds. The number of sulfonamides is 1. The number of aromatic nitrogens is 1. The second-order valence-corrected chi connectivity index (χ2v) is 5.98. The van der Waals surface area contributed by atoms with Crippen LogP contribution in [0.3, 0.4) is 0 Å². The molecule has 0 aliphatic heterocycles. The van der Waals surface area contributed by atoms with Crippen molar-refractivity contribution < 1.29 is 12.8 Å². The summed E-state index contributed by atoms with van der Waals surface area (Å²) in [6.07, 6.45) is 3.46. The lowest BCUT2D eigenvalue weighted by Gasteiger charge is -2.14. The Kier molecular flexibility index (Phi) is 4.38. The maximum absolute atomic E-state index is 12.3. The normalized spacial score (nSPS) is 13.1. The Hall–Kier alpha value is -1.90. The standard InChI is InChI=1S/C12H16N4O3S/c1-9(8-10-4-3-7-19-10)16-20(17,18)11-5-2-6-14-12(11)15-13/h2-7,9,16H,8,13H2,1H3,(H,14,15). The van der Waals surface area contributed by atoms with Crippen molar-refractivity contribution >= 4 is 15.8 Å². The third-order valence-corrected chi connectivity index (χ3v) is 4.26. The highest BCUT2D eigenvalue weighted by Gasteiger charge is 2.21. The Morgan fingerprint density at radius 1 is 1.40 bits per heavy atom. The molecule has 20 heavy (non-hydrogen) atoms. The zero-order valence-corrected chi connectivity index (χ0v) is 11.7. The summed E-state index contributed by atoms with van der Waals surface area (Å²) < 4.78 is 32.3. The van der Waals surface area contributed by atoms with Crippen molar-refractivity contribution in [3.63, 3.8) is 0 Å². The Balaban J connectivity index is 2.14. The molecule has 8 heteroatoms. The molecular formula is C12H16N4O3S. The Morgan fingerprint density at radius 2 is 2.20 bits per heavy atom. The summed E-state index contributed by atoms with van der Waals surface area (Å²) in [5, 5.41) is 0. The van der Waals surface area contributed by atoms with E-state index >= 15 is 0 Å². The van der Waals surface area contributed by atoms with Crippen LogP contribution in [0, 0.1) is 0 Å². The predicted octanol–water partition coefficient (Wildman–Crippen LogP) is 0.870. The van der Waals surface area contributed by atoms with Gasteiger partial charge in [-0.15, -0.1) is 0 Å². The highest BCUT2D eigenvalue weighted by atomic mass is 32.2. The minimum atomic E-state index is -3.70. The summed E-state index contributed by atoms with van der Waals surface area (Å²) in [4.78, 5) is 3.88. The molecule has 0 saturated carbocycles. The molecule has 0 aromatic carbocycles. The molecule has 2 aromatic heterocycles. The van der Waals surface area contributed by atoms with Crippen molar-refractivity contribution in [2.24, 2.45) is 5.84 Å². The van der Waals surface area contributed by atoms with E-state index < -0.39 is 10.0 Å². The van der Waals surface area contributed by atoms with Gasteiger partial charge in [-0.05, 0) is 31.2 Å². The van der Waals surface area contributed by atoms with E-state index in [0.29, 0.717) is 12.2 Å². The number of pyridine rings is 1. The van der Waals surface area contributed by atoms with Crippen molar-refractivity contribution in [2.75, 3.05) is 5.43 Å². The summed E-state index contributed by atoms with van der Waals surface area (Å²) >= 11 is 0. The van der Waals surface area contributed by atoms with Crippen LogP contribution in [-0.4, -0.2) is 19.4 Å². The van der Waals surface area contributed by atoms with E-state index in [0.717, 1.165) is 0 Å². The van der Waals surface area contributed by atoms with E-state index in [1.54, 1.807) is 25.3 Å². The number of nitrogens with two attached hydrogens (primary N) is 1. The predicted molar refractivity (Wildman–Crippen MR) is 74.2 cm³/mol. The van der Waals surface area contributed by atoms with Gasteiger partial charge in [-0.1, -0.05) is 0 Å². The molecule has 108 valence electrons. The van der Waals surface area contributed by atoms with Gasteiger partial charge in [-0.2, -0.15) is 0 Å². The number of hydrogen-bond acceptors (Lipinski definition) is 6. The van der Waals surface area contributed by atoms with Crippen LogP contribution < -0.4 is 16.0 Å². The van der Waals surface area contributed by atoms with Gasteiger partial charge in [0.15, 0.2) is 5.82 Å². The minimum Gasteiger partial charge on any atom is -0.469 e. The lowest BCUT2D eigenvalue weighted by molar-refractivity contribution is 0.479. The van der Waals surface area contributed by atoms with Crippen molar-refractivity contribution in [2.45, 2.75) is 24.3 Å². The first kappa shape index (κ1) is 14.5. The lowest BCUT2D eigenvalue weighted by atomic mass is 10.2. The second-order valence-electron chi connectivity index (χ2n) is 4.30. The quantitative estimate of drug-likeness (QED) is 0.539. The van der Waals surface area contributed by atoms with Crippen LogP contribution in [0.5, 0.6) is 0 Å². The third-order valence-electron chi connectivity index (χ3n) is 2.64. The fraction of sp³-hybridized carbons (Fsp3) is 0.250. The molecule has 2 aromatic rings. The van der Waals surface area contributed by atoms with E-state index in [2.05, 4.69) is 15.1 Å². The second kappa shape index (κ2) is 6.04. The molecule has 0 aliphatic rings. The van der Waals surface area contributed by atoms with Gasteiger partial charge in [0, 0.05) is 18.7 Å². The molecule has 2 rings (SSSR count). The van der Waals surface area contributed by atoms with E-state index in [4.69, 9.17) is 10.3 Å². The summed E-state index contributed by atoms with van der Waals surface area (Å²) in [5.41, 5.74) is 2.27. The number of hydrazine groups is 1. The molecule has 1 unspecified atom stereocenters. The molecular weight excluding hydrogens is 280 g/mol. The number of furan rings is 1. The Bertz CT molecular complexity index is 655. The van der Waals surface area contributed by atoms with Gasteiger partial charge in [0.2, 0.25) is 10.0 Å². The molecule has 0 fully saturated rings. The van der Waals surface area contributed by atoms with E-state index in [9.17, 15) is 8.42 Å². The molecule has 0 bridgehead atoms. The molecule has 0 spiro atoms. The summed E-state index contributed by atoms with van der Waals surface area (Å²) in [5.74, 6) is 6.08. The topological polar surface area (TPSA) is 110 Å². The molecule has 0 saturated heterocycles. The molecule has 1 atom stereocenters. The zero-order chi connectivity index (χ0) is 14.6. The average molecular weight is 296 g/mol. The van der Waals surface area contributed by atoms with Crippen molar-refractivity contribution in [1.29, 1.82) is 0 Å². The third kappa shape index (κ3) is 3.35. The molecule has 4 N–H and O–H groups in total. The van der Waals surface area contributed by atoms with E-state index in [1.807, 2.05) is 0 Å². The zero-order valence-electron chi connectivity index (χ0n) is 10.9. The summed E-state index contributed by atoms with van der Waals surface area (Å²) in [6.45, 7) is 1.76. The lowest BCUT2D eigenvalue weighted by Crippen LogP contribution is -2.34. The first-order valence-electron chi connectivity index (χ1n) is 5.99. The monoisotopic (exact) mass is 296 g/mol. The van der Waals surface area contributed by atoms with Gasteiger partial charge in [0.25, 0.3) is 0 Å². The fourth-order valence-corrected chi connectivity index (χ4v) is 3.18. The van der Waals surface area contributed by atoms with Crippen molar-refractivity contribution in [1.82, 2.24) is 9.71 Å².